The van der Waals surface area contributed by atoms with E-state index in [9.17, 15) is 23.2 Å². The van der Waals surface area contributed by atoms with Crippen molar-refractivity contribution in [3.8, 4) is 0 Å². The molecule has 2 rings (SSSR count). The van der Waals surface area contributed by atoms with Crippen LogP contribution < -0.4 is 10.6 Å². The van der Waals surface area contributed by atoms with Crippen molar-refractivity contribution in [3.63, 3.8) is 0 Å². The lowest BCUT2D eigenvalue weighted by Crippen LogP contribution is -2.27. The third kappa shape index (κ3) is 5.87. The van der Waals surface area contributed by atoms with E-state index in [1.165, 1.54) is 18.2 Å². The Balaban J connectivity index is 1.93. The van der Waals surface area contributed by atoms with Gasteiger partial charge in [-0.1, -0.05) is 26.8 Å². The minimum Gasteiger partial charge on any atom is -0.452 e. The summed E-state index contributed by atoms with van der Waals surface area (Å²) in [6.45, 7) is 4.65. The Bertz CT molecular complexity index is 907. The largest absolute Gasteiger partial charge is 0.452 e. The van der Waals surface area contributed by atoms with Gasteiger partial charge in [0.1, 0.15) is 0 Å². The van der Waals surface area contributed by atoms with Crippen LogP contribution in [0.15, 0.2) is 42.5 Å². The lowest BCUT2D eigenvalue weighted by Gasteiger charge is -2.17. The van der Waals surface area contributed by atoms with Crippen molar-refractivity contribution >= 4 is 29.2 Å². The fraction of sp³-hybridized carbons (Fsp3) is 0.250. The number of hydrogen-bond acceptors (Lipinski definition) is 4. The van der Waals surface area contributed by atoms with E-state index in [4.69, 9.17) is 4.74 Å². The topological polar surface area (TPSA) is 84.5 Å². The maximum atomic E-state index is 13.1. The van der Waals surface area contributed by atoms with Crippen molar-refractivity contribution in [3.05, 3.63) is 59.7 Å². The molecule has 0 radical (unpaired) electrons. The van der Waals surface area contributed by atoms with E-state index in [2.05, 4.69) is 10.6 Å². The highest BCUT2D eigenvalue weighted by Gasteiger charge is 2.21. The van der Waals surface area contributed by atoms with Crippen molar-refractivity contribution in [2.24, 2.45) is 5.41 Å². The van der Waals surface area contributed by atoms with Crippen LogP contribution in [0.3, 0.4) is 0 Å². The number of benzene rings is 2. The minimum absolute atomic E-state index is 0.0341. The van der Waals surface area contributed by atoms with Crippen LogP contribution >= 0.6 is 0 Å². The molecule has 8 heteroatoms. The van der Waals surface area contributed by atoms with Gasteiger partial charge in [0.05, 0.1) is 5.56 Å². The first-order valence-corrected chi connectivity index (χ1v) is 8.40. The van der Waals surface area contributed by atoms with Gasteiger partial charge < -0.3 is 15.4 Å². The van der Waals surface area contributed by atoms with E-state index in [0.717, 1.165) is 12.1 Å². The van der Waals surface area contributed by atoms with Gasteiger partial charge in [0.2, 0.25) is 5.91 Å². The van der Waals surface area contributed by atoms with Crippen LogP contribution in [0.4, 0.5) is 20.2 Å². The first-order chi connectivity index (χ1) is 13.1. The van der Waals surface area contributed by atoms with Crippen molar-refractivity contribution in [1.29, 1.82) is 0 Å². The van der Waals surface area contributed by atoms with Crippen LogP contribution in [0.2, 0.25) is 0 Å². The van der Waals surface area contributed by atoms with Gasteiger partial charge in [-0.2, -0.15) is 0 Å². The summed E-state index contributed by atoms with van der Waals surface area (Å²) in [5.74, 6) is -3.85. The van der Waals surface area contributed by atoms with Crippen LogP contribution in [-0.4, -0.2) is 24.4 Å². The van der Waals surface area contributed by atoms with E-state index < -0.39 is 35.5 Å². The number of esters is 1. The Morgan fingerprint density at radius 2 is 1.61 bits per heavy atom. The smallest absolute Gasteiger partial charge is 0.338 e. The second-order valence-electron chi connectivity index (χ2n) is 7.04. The summed E-state index contributed by atoms with van der Waals surface area (Å²) >= 11 is 0. The lowest BCUT2D eigenvalue weighted by molar-refractivity contribution is -0.123. The molecule has 0 atom stereocenters. The van der Waals surface area contributed by atoms with Gasteiger partial charge in [-0.3, -0.25) is 9.59 Å². The fourth-order valence-electron chi connectivity index (χ4n) is 2.03. The Morgan fingerprint density at radius 3 is 2.25 bits per heavy atom. The van der Waals surface area contributed by atoms with Crippen molar-refractivity contribution < 1.29 is 27.9 Å². The summed E-state index contributed by atoms with van der Waals surface area (Å²) in [6.07, 6.45) is 0. The predicted molar refractivity (Wildman–Crippen MR) is 99.8 cm³/mol. The monoisotopic (exact) mass is 390 g/mol. The average Bonchev–Trinajstić information content (AvgIpc) is 2.62. The van der Waals surface area contributed by atoms with Crippen LogP contribution in [0.25, 0.3) is 0 Å². The second kappa shape index (κ2) is 8.60. The molecule has 0 aliphatic heterocycles. The van der Waals surface area contributed by atoms with Crippen LogP contribution in [-0.2, 0) is 14.3 Å². The lowest BCUT2D eigenvalue weighted by atomic mass is 9.95. The zero-order chi connectivity index (χ0) is 20.9. The summed E-state index contributed by atoms with van der Waals surface area (Å²) in [5, 5.41) is 4.98. The number of ether oxygens (including phenoxy) is 1. The molecule has 6 nitrogen and oxygen atoms in total. The van der Waals surface area contributed by atoms with Gasteiger partial charge in [0.15, 0.2) is 18.2 Å². The van der Waals surface area contributed by atoms with Gasteiger partial charge in [-0.15, -0.1) is 0 Å². The van der Waals surface area contributed by atoms with Gasteiger partial charge in [0.25, 0.3) is 5.91 Å². The number of rotatable bonds is 5. The average molecular weight is 390 g/mol. The third-order valence-electron chi connectivity index (χ3n) is 3.58. The Morgan fingerprint density at radius 1 is 0.929 bits per heavy atom. The zero-order valence-electron chi connectivity index (χ0n) is 15.6. The number of hydrogen-bond donors (Lipinski definition) is 2. The summed E-state index contributed by atoms with van der Waals surface area (Å²) in [5.41, 5.74) is -0.00572. The Kier molecular flexibility index (Phi) is 6.45. The highest BCUT2D eigenvalue weighted by atomic mass is 19.2. The molecule has 0 aliphatic carbocycles. The Labute approximate surface area is 160 Å². The molecule has 0 spiro atoms. The summed E-state index contributed by atoms with van der Waals surface area (Å²) in [7, 11) is 0. The van der Waals surface area contributed by atoms with Gasteiger partial charge >= 0.3 is 5.97 Å². The molecule has 2 aromatic rings. The quantitative estimate of drug-likeness (QED) is 0.762. The summed E-state index contributed by atoms with van der Waals surface area (Å²) in [6, 6.07) is 8.96. The first kappa shape index (κ1) is 21.0. The van der Waals surface area contributed by atoms with E-state index in [1.54, 1.807) is 32.9 Å². The predicted octanol–water partition coefficient (Wildman–Crippen LogP) is 3.74. The minimum atomic E-state index is -1.11. The van der Waals surface area contributed by atoms with E-state index in [0.29, 0.717) is 5.69 Å². The first-order valence-electron chi connectivity index (χ1n) is 8.40. The molecular formula is C20H20F2N2O4. The van der Waals surface area contributed by atoms with E-state index >= 15 is 0 Å². The number of amides is 2. The molecule has 28 heavy (non-hydrogen) atoms. The van der Waals surface area contributed by atoms with Crippen molar-refractivity contribution in [2.75, 3.05) is 17.2 Å². The van der Waals surface area contributed by atoms with Crippen molar-refractivity contribution in [2.45, 2.75) is 20.8 Å². The van der Waals surface area contributed by atoms with Crippen LogP contribution in [0.5, 0.6) is 0 Å². The molecule has 0 heterocycles. The fourth-order valence-corrected chi connectivity index (χ4v) is 2.03. The number of nitrogens with one attached hydrogen (secondary N) is 2. The standard InChI is InChI=1S/C20H20F2N2O4/c1-20(2,3)19(27)24-13-6-4-5-12(9-13)18(26)28-11-17(25)23-14-7-8-15(21)16(22)10-14/h4-10H,11H2,1-3H3,(H,23,25)(H,24,27). The van der Waals surface area contributed by atoms with Crippen LogP contribution in [0, 0.1) is 17.0 Å². The molecular weight excluding hydrogens is 370 g/mol. The van der Waals surface area contributed by atoms with Gasteiger partial charge in [0, 0.05) is 22.9 Å². The molecule has 2 aromatic carbocycles. The van der Waals surface area contributed by atoms with Gasteiger partial charge in [-0.05, 0) is 30.3 Å². The van der Waals surface area contributed by atoms with Gasteiger partial charge in [-0.25, -0.2) is 13.6 Å². The maximum Gasteiger partial charge on any atom is 0.338 e. The number of carbonyl (C=O) groups is 3. The molecule has 2 N–H and O–H groups in total. The number of carbonyl (C=O) groups excluding carboxylic acids is 3. The van der Waals surface area contributed by atoms with Crippen molar-refractivity contribution in [1.82, 2.24) is 0 Å². The molecule has 0 aromatic heterocycles. The zero-order valence-corrected chi connectivity index (χ0v) is 15.6. The highest BCUT2D eigenvalue weighted by Crippen LogP contribution is 2.18. The molecule has 0 unspecified atom stereocenters. The summed E-state index contributed by atoms with van der Waals surface area (Å²) < 4.78 is 30.9. The van der Waals surface area contributed by atoms with E-state index in [-0.39, 0.29) is 17.2 Å². The molecule has 2 amide bonds. The molecule has 0 aliphatic rings. The Hall–Kier alpha value is -3.29. The molecule has 0 saturated heterocycles. The summed E-state index contributed by atoms with van der Waals surface area (Å²) in [4.78, 5) is 35.9. The third-order valence-corrected chi connectivity index (χ3v) is 3.58. The molecule has 0 fully saturated rings. The number of halogens is 2. The van der Waals surface area contributed by atoms with Crippen LogP contribution in [0.1, 0.15) is 31.1 Å². The van der Waals surface area contributed by atoms with E-state index in [1.807, 2.05) is 0 Å². The second-order valence-corrected chi connectivity index (χ2v) is 7.04. The molecule has 148 valence electrons. The molecule has 0 saturated carbocycles. The SMILES string of the molecule is CC(C)(C)C(=O)Nc1cccc(C(=O)OCC(=O)Nc2ccc(F)c(F)c2)c1. The maximum absolute atomic E-state index is 13.1. The normalized spacial score (nSPS) is 10.9. The molecule has 0 bridgehead atoms. The number of anilines is 2. The highest BCUT2D eigenvalue weighted by molar-refractivity contribution is 5.98.